The summed E-state index contributed by atoms with van der Waals surface area (Å²) in [5, 5.41) is 10.6. The van der Waals surface area contributed by atoms with Crippen molar-refractivity contribution in [3.05, 3.63) is 16.3 Å². The number of fused-ring (bicyclic) bond motifs is 1. The van der Waals surface area contributed by atoms with Gasteiger partial charge in [-0.1, -0.05) is 6.42 Å². The molecule has 2 saturated heterocycles. The van der Waals surface area contributed by atoms with Crippen molar-refractivity contribution in [2.75, 3.05) is 13.1 Å². The van der Waals surface area contributed by atoms with Crippen molar-refractivity contribution in [1.29, 1.82) is 0 Å². The average Bonchev–Trinajstić information content (AvgIpc) is 3.06. The predicted octanol–water partition coefficient (Wildman–Crippen LogP) is 1.35. The molecule has 0 bridgehead atoms. The van der Waals surface area contributed by atoms with Crippen LogP contribution in [-0.4, -0.2) is 49.6 Å². The molecule has 2 aliphatic rings. The minimum Gasteiger partial charge on any atom is -0.477 e. The van der Waals surface area contributed by atoms with E-state index in [1.807, 2.05) is 0 Å². The molecule has 116 valence electrons. The average molecular weight is 330 g/mol. The van der Waals surface area contributed by atoms with Crippen LogP contribution in [0.1, 0.15) is 35.4 Å². The molecule has 0 aliphatic carbocycles. The summed E-state index contributed by atoms with van der Waals surface area (Å²) in [7, 11) is -3.77. The van der Waals surface area contributed by atoms with E-state index in [4.69, 9.17) is 5.11 Å². The standard InChI is InChI=1S/C13H18N2O4S2/c16-13(17)12-11(5-8-20-12)21(18,19)14-9-4-7-15-6-2-1-3-10(9)15/h5,8-10,14H,1-4,6-7H2,(H,16,17). The van der Waals surface area contributed by atoms with E-state index in [9.17, 15) is 13.2 Å². The second-order valence-electron chi connectivity index (χ2n) is 5.53. The van der Waals surface area contributed by atoms with E-state index in [-0.39, 0.29) is 21.9 Å². The fourth-order valence-corrected chi connectivity index (χ4v) is 5.88. The minimum atomic E-state index is -3.77. The number of sulfonamides is 1. The van der Waals surface area contributed by atoms with Gasteiger partial charge in [0.15, 0.2) is 0 Å². The van der Waals surface area contributed by atoms with Crippen molar-refractivity contribution in [2.24, 2.45) is 0 Å². The molecule has 2 unspecified atom stereocenters. The molecule has 8 heteroatoms. The molecule has 2 fully saturated rings. The highest BCUT2D eigenvalue weighted by Gasteiger charge is 2.38. The zero-order valence-electron chi connectivity index (χ0n) is 11.5. The van der Waals surface area contributed by atoms with E-state index in [1.165, 1.54) is 17.9 Å². The Hall–Kier alpha value is -0.960. The van der Waals surface area contributed by atoms with Gasteiger partial charge in [0, 0.05) is 18.6 Å². The summed E-state index contributed by atoms with van der Waals surface area (Å²) < 4.78 is 27.7. The molecular formula is C13H18N2O4S2. The molecule has 0 spiro atoms. The highest BCUT2D eigenvalue weighted by molar-refractivity contribution is 7.89. The van der Waals surface area contributed by atoms with Gasteiger partial charge in [-0.05, 0) is 37.3 Å². The van der Waals surface area contributed by atoms with E-state index in [0.717, 1.165) is 43.7 Å². The summed E-state index contributed by atoms with van der Waals surface area (Å²) in [5.41, 5.74) is 0. The first-order valence-electron chi connectivity index (χ1n) is 7.06. The van der Waals surface area contributed by atoms with Gasteiger partial charge in [-0.25, -0.2) is 17.9 Å². The summed E-state index contributed by atoms with van der Waals surface area (Å²) in [6.45, 7) is 1.94. The smallest absolute Gasteiger partial charge is 0.347 e. The Morgan fingerprint density at radius 3 is 2.90 bits per heavy atom. The first-order chi connectivity index (χ1) is 9.99. The Kier molecular flexibility index (Phi) is 4.04. The van der Waals surface area contributed by atoms with Crippen LogP contribution in [0.25, 0.3) is 0 Å². The van der Waals surface area contributed by atoms with Crippen LogP contribution in [0.3, 0.4) is 0 Å². The first kappa shape index (κ1) is 15.0. The van der Waals surface area contributed by atoms with Gasteiger partial charge in [-0.2, -0.15) is 0 Å². The van der Waals surface area contributed by atoms with Crippen molar-refractivity contribution in [3.8, 4) is 0 Å². The first-order valence-corrected chi connectivity index (χ1v) is 9.42. The normalized spacial score (nSPS) is 26.7. The van der Waals surface area contributed by atoms with Crippen LogP contribution in [0.2, 0.25) is 0 Å². The molecule has 1 aromatic rings. The molecule has 2 atom stereocenters. The molecule has 0 radical (unpaired) electrons. The maximum absolute atomic E-state index is 12.5. The fraction of sp³-hybridized carbons (Fsp3) is 0.615. The number of rotatable bonds is 4. The van der Waals surface area contributed by atoms with E-state index < -0.39 is 16.0 Å². The molecular weight excluding hydrogens is 312 g/mol. The highest BCUT2D eigenvalue weighted by atomic mass is 32.2. The van der Waals surface area contributed by atoms with Crippen LogP contribution in [0.15, 0.2) is 16.3 Å². The van der Waals surface area contributed by atoms with Crippen molar-refractivity contribution >= 4 is 27.3 Å². The summed E-state index contributed by atoms with van der Waals surface area (Å²) in [6.07, 6.45) is 4.08. The van der Waals surface area contributed by atoms with Gasteiger partial charge < -0.3 is 5.11 Å². The lowest BCUT2D eigenvalue weighted by Gasteiger charge is -2.32. The number of piperidine rings is 1. The monoisotopic (exact) mass is 330 g/mol. The maximum Gasteiger partial charge on any atom is 0.347 e. The zero-order valence-corrected chi connectivity index (χ0v) is 13.1. The molecule has 2 aliphatic heterocycles. The number of nitrogens with one attached hydrogen (secondary N) is 1. The van der Waals surface area contributed by atoms with Gasteiger partial charge in [-0.3, -0.25) is 4.90 Å². The van der Waals surface area contributed by atoms with Crippen molar-refractivity contribution in [2.45, 2.75) is 42.7 Å². The van der Waals surface area contributed by atoms with Crippen LogP contribution in [0.5, 0.6) is 0 Å². The van der Waals surface area contributed by atoms with Crippen LogP contribution in [0, 0.1) is 0 Å². The number of hydrogen-bond donors (Lipinski definition) is 2. The van der Waals surface area contributed by atoms with Crippen molar-refractivity contribution in [1.82, 2.24) is 9.62 Å². The topological polar surface area (TPSA) is 86.7 Å². The number of hydrogen-bond acceptors (Lipinski definition) is 5. The third-order valence-electron chi connectivity index (χ3n) is 4.28. The van der Waals surface area contributed by atoms with Crippen LogP contribution >= 0.6 is 11.3 Å². The van der Waals surface area contributed by atoms with Crippen LogP contribution in [-0.2, 0) is 10.0 Å². The number of carboxylic acid groups (broad SMARTS) is 1. The number of carboxylic acids is 1. The van der Waals surface area contributed by atoms with Crippen molar-refractivity contribution < 1.29 is 18.3 Å². The van der Waals surface area contributed by atoms with E-state index in [0.29, 0.717) is 0 Å². The lowest BCUT2D eigenvalue weighted by molar-refractivity contribution is 0.0698. The molecule has 0 amide bonds. The Bertz CT molecular complexity index is 640. The number of thiophene rings is 1. The second kappa shape index (κ2) is 5.68. The molecule has 2 N–H and O–H groups in total. The third-order valence-corrected chi connectivity index (χ3v) is 6.84. The predicted molar refractivity (Wildman–Crippen MR) is 79.2 cm³/mol. The molecule has 21 heavy (non-hydrogen) atoms. The molecule has 0 saturated carbocycles. The number of nitrogens with zero attached hydrogens (tertiary/aromatic N) is 1. The van der Waals surface area contributed by atoms with Gasteiger partial charge in [0.1, 0.15) is 9.77 Å². The van der Waals surface area contributed by atoms with Gasteiger partial charge in [0.25, 0.3) is 0 Å². The quantitative estimate of drug-likeness (QED) is 0.870. The lowest BCUT2D eigenvalue weighted by atomic mass is 10.00. The Labute approximate surface area is 127 Å². The van der Waals surface area contributed by atoms with Crippen LogP contribution < -0.4 is 4.72 Å². The van der Waals surface area contributed by atoms with Crippen LogP contribution in [0.4, 0.5) is 0 Å². The van der Waals surface area contributed by atoms with E-state index in [1.54, 1.807) is 0 Å². The molecule has 6 nitrogen and oxygen atoms in total. The van der Waals surface area contributed by atoms with Gasteiger partial charge >= 0.3 is 5.97 Å². The molecule has 0 aromatic carbocycles. The van der Waals surface area contributed by atoms with Gasteiger partial charge in [-0.15, -0.1) is 11.3 Å². The summed E-state index contributed by atoms with van der Waals surface area (Å²) in [4.78, 5) is 13.2. The third kappa shape index (κ3) is 2.85. The Morgan fingerprint density at radius 2 is 2.14 bits per heavy atom. The van der Waals surface area contributed by atoms with E-state index in [2.05, 4.69) is 9.62 Å². The minimum absolute atomic E-state index is 0.114. The second-order valence-corrected chi connectivity index (χ2v) is 8.13. The zero-order chi connectivity index (χ0) is 15.0. The Balaban J connectivity index is 1.80. The number of aromatic carboxylic acids is 1. The lowest BCUT2D eigenvalue weighted by Crippen LogP contribution is -2.46. The largest absolute Gasteiger partial charge is 0.477 e. The summed E-state index contributed by atoms with van der Waals surface area (Å²) in [6, 6.07) is 1.50. The fourth-order valence-electron chi connectivity index (χ4n) is 3.31. The highest BCUT2D eigenvalue weighted by Crippen LogP contribution is 2.29. The van der Waals surface area contributed by atoms with Gasteiger partial charge in [0.05, 0.1) is 0 Å². The van der Waals surface area contributed by atoms with E-state index >= 15 is 0 Å². The van der Waals surface area contributed by atoms with Gasteiger partial charge in [0.2, 0.25) is 10.0 Å². The van der Waals surface area contributed by atoms with Crippen molar-refractivity contribution in [3.63, 3.8) is 0 Å². The summed E-state index contributed by atoms with van der Waals surface area (Å²) in [5.74, 6) is -1.20. The maximum atomic E-state index is 12.5. The summed E-state index contributed by atoms with van der Waals surface area (Å²) >= 11 is 0.936. The number of carbonyl (C=O) groups is 1. The molecule has 3 rings (SSSR count). The molecule has 3 heterocycles. The SMILES string of the molecule is O=C(O)c1sccc1S(=O)(=O)NC1CCN2CCCCC12. The molecule has 1 aromatic heterocycles. The Morgan fingerprint density at radius 1 is 1.33 bits per heavy atom.